The van der Waals surface area contributed by atoms with Crippen LogP contribution in [0, 0.1) is 18.8 Å². The van der Waals surface area contributed by atoms with Crippen molar-refractivity contribution in [1.82, 2.24) is 0 Å². The van der Waals surface area contributed by atoms with Crippen LogP contribution in [-0.4, -0.2) is 26.3 Å². The molecule has 1 aliphatic heterocycles. The van der Waals surface area contributed by atoms with Gasteiger partial charge in [-0.2, -0.15) is 0 Å². The number of methoxy groups -OCH3 is 1. The summed E-state index contributed by atoms with van der Waals surface area (Å²) in [5, 5.41) is 0. The average molecular weight is 257 g/mol. The van der Waals surface area contributed by atoms with Crippen molar-refractivity contribution >= 4 is 5.69 Å². The van der Waals surface area contributed by atoms with Crippen molar-refractivity contribution in [3.05, 3.63) is 29.3 Å². The quantitative estimate of drug-likeness (QED) is 0.823. The highest BCUT2D eigenvalue weighted by Crippen LogP contribution is 2.61. The zero-order valence-electron chi connectivity index (χ0n) is 11.9. The second kappa shape index (κ2) is 4.24. The van der Waals surface area contributed by atoms with E-state index in [4.69, 9.17) is 4.74 Å². The zero-order chi connectivity index (χ0) is 13.0. The molecule has 2 nitrogen and oxygen atoms in total. The number of rotatable bonds is 3. The second-order valence-electron chi connectivity index (χ2n) is 6.54. The van der Waals surface area contributed by atoms with Crippen LogP contribution in [0.25, 0.3) is 0 Å². The number of benzene rings is 1. The normalized spacial score (nSPS) is 34.7. The molecular formula is C17H23NO. The maximum absolute atomic E-state index is 5.34. The van der Waals surface area contributed by atoms with E-state index in [0.29, 0.717) is 0 Å². The first-order chi connectivity index (χ1) is 9.31. The van der Waals surface area contributed by atoms with E-state index < -0.39 is 0 Å². The minimum absolute atomic E-state index is 0.769. The van der Waals surface area contributed by atoms with Crippen LogP contribution in [0.3, 0.4) is 0 Å². The van der Waals surface area contributed by atoms with Crippen LogP contribution in [0.5, 0.6) is 0 Å². The fourth-order valence-electron chi connectivity index (χ4n) is 5.08. The molecule has 2 unspecified atom stereocenters. The molecule has 2 heteroatoms. The van der Waals surface area contributed by atoms with E-state index in [-0.39, 0.29) is 0 Å². The van der Waals surface area contributed by atoms with Crippen molar-refractivity contribution in [2.75, 3.05) is 25.2 Å². The Morgan fingerprint density at radius 1 is 1.26 bits per heavy atom. The number of nitrogens with zero attached hydrogens (tertiary/aromatic N) is 1. The van der Waals surface area contributed by atoms with E-state index in [2.05, 4.69) is 30.0 Å². The van der Waals surface area contributed by atoms with Crippen molar-refractivity contribution in [2.24, 2.45) is 11.8 Å². The topological polar surface area (TPSA) is 12.5 Å². The zero-order valence-corrected chi connectivity index (χ0v) is 11.9. The third-order valence-corrected chi connectivity index (χ3v) is 5.71. The molecule has 4 atom stereocenters. The van der Waals surface area contributed by atoms with Gasteiger partial charge in [0.05, 0.1) is 6.61 Å². The van der Waals surface area contributed by atoms with Crippen molar-refractivity contribution in [3.63, 3.8) is 0 Å². The smallest absolute Gasteiger partial charge is 0.0637 e. The van der Waals surface area contributed by atoms with Gasteiger partial charge in [0.2, 0.25) is 0 Å². The monoisotopic (exact) mass is 257 g/mol. The van der Waals surface area contributed by atoms with Gasteiger partial charge in [-0.1, -0.05) is 12.1 Å². The molecule has 19 heavy (non-hydrogen) atoms. The molecule has 4 rings (SSSR count). The van der Waals surface area contributed by atoms with Crippen LogP contribution in [0.4, 0.5) is 5.69 Å². The number of aryl methyl sites for hydroxylation is 1. The molecule has 102 valence electrons. The molecule has 3 aliphatic rings. The van der Waals surface area contributed by atoms with Gasteiger partial charge in [-0.25, -0.2) is 0 Å². The molecule has 2 saturated carbocycles. The van der Waals surface area contributed by atoms with Crippen LogP contribution >= 0.6 is 0 Å². The Hall–Kier alpha value is -1.02. The highest BCUT2D eigenvalue weighted by atomic mass is 16.5. The summed E-state index contributed by atoms with van der Waals surface area (Å²) in [4.78, 5) is 2.67. The predicted octanol–water partition coefficient (Wildman–Crippen LogP) is 3.34. The molecule has 1 aromatic rings. The number of hydrogen-bond donors (Lipinski definition) is 0. The highest BCUT2D eigenvalue weighted by Gasteiger charge is 2.55. The lowest BCUT2D eigenvalue weighted by atomic mass is 9.81. The van der Waals surface area contributed by atoms with Gasteiger partial charge in [0.15, 0.2) is 0 Å². The maximum Gasteiger partial charge on any atom is 0.0637 e. The van der Waals surface area contributed by atoms with Crippen LogP contribution < -0.4 is 4.90 Å². The summed E-state index contributed by atoms with van der Waals surface area (Å²) in [6.45, 7) is 4.19. The summed E-state index contributed by atoms with van der Waals surface area (Å²) in [6.07, 6.45) is 4.37. The standard InChI is InChI=1S/C17H23NO/c1-11-4-3-5-14-15(11)16-12-6-7-13(10-12)17(16)18(14)8-9-19-2/h3-5,12-13,16-17H,6-10H2,1-2H3/t12?,13?,16-,17-/m1/s1. The van der Waals surface area contributed by atoms with Gasteiger partial charge in [-0.15, -0.1) is 0 Å². The van der Waals surface area contributed by atoms with Gasteiger partial charge in [0.25, 0.3) is 0 Å². The minimum Gasteiger partial charge on any atom is -0.383 e. The minimum atomic E-state index is 0.769. The first-order valence-electron chi connectivity index (χ1n) is 7.66. The highest BCUT2D eigenvalue weighted by molar-refractivity contribution is 5.66. The van der Waals surface area contributed by atoms with Crippen LogP contribution in [0.2, 0.25) is 0 Å². The summed E-state index contributed by atoms with van der Waals surface area (Å²) < 4.78 is 5.34. The van der Waals surface area contributed by atoms with Crippen LogP contribution in [0.15, 0.2) is 18.2 Å². The largest absolute Gasteiger partial charge is 0.383 e. The third-order valence-electron chi connectivity index (χ3n) is 5.71. The molecule has 2 aliphatic carbocycles. The summed E-state index contributed by atoms with van der Waals surface area (Å²) in [7, 11) is 1.81. The average Bonchev–Trinajstić information content (AvgIpc) is 3.07. The summed E-state index contributed by atoms with van der Waals surface area (Å²) in [5.41, 5.74) is 4.67. The molecule has 1 aromatic carbocycles. The van der Waals surface area contributed by atoms with E-state index in [1.807, 2.05) is 7.11 Å². The molecule has 2 bridgehead atoms. The van der Waals surface area contributed by atoms with Crippen molar-refractivity contribution < 1.29 is 4.74 Å². The fourth-order valence-corrected chi connectivity index (χ4v) is 5.08. The van der Waals surface area contributed by atoms with Crippen molar-refractivity contribution in [3.8, 4) is 0 Å². The Kier molecular flexibility index (Phi) is 2.63. The first kappa shape index (κ1) is 11.8. The second-order valence-corrected chi connectivity index (χ2v) is 6.54. The van der Waals surface area contributed by atoms with Gasteiger partial charge in [0.1, 0.15) is 0 Å². The Morgan fingerprint density at radius 2 is 2.11 bits per heavy atom. The predicted molar refractivity (Wildman–Crippen MR) is 77.8 cm³/mol. The Labute approximate surface area is 115 Å². The van der Waals surface area contributed by atoms with Gasteiger partial charge >= 0.3 is 0 Å². The fraction of sp³-hybridized carbons (Fsp3) is 0.647. The van der Waals surface area contributed by atoms with E-state index in [1.54, 1.807) is 5.56 Å². The SMILES string of the molecule is COCCN1c2cccc(C)c2[C@H]2C3CCC(C3)[C@H]21. The summed E-state index contributed by atoms with van der Waals surface area (Å²) >= 11 is 0. The van der Waals surface area contributed by atoms with Crippen LogP contribution in [-0.2, 0) is 4.74 Å². The van der Waals surface area contributed by atoms with E-state index in [0.717, 1.165) is 36.9 Å². The molecule has 0 saturated heterocycles. The molecule has 0 aromatic heterocycles. The third kappa shape index (κ3) is 1.53. The Bertz CT molecular complexity index is 498. The molecule has 0 spiro atoms. The van der Waals surface area contributed by atoms with E-state index in [9.17, 15) is 0 Å². The van der Waals surface area contributed by atoms with E-state index >= 15 is 0 Å². The van der Waals surface area contributed by atoms with E-state index in [1.165, 1.54) is 30.5 Å². The first-order valence-corrected chi connectivity index (χ1v) is 7.66. The summed E-state index contributed by atoms with van der Waals surface area (Å²) in [5.74, 6) is 2.69. The number of anilines is 1. The van der Waals surface area contributed by atoms with Crippen molar-refractivity contribution in [2.45, 2.75) is 38.1 Å². The number of ether oxygens (including phenoxy) is 1. The van der Waals surface area contributed by atoms with Gasteiger partial charge < -0.3 is 9.64 Å². The lowest BCUT2D eigenvalue weighted by Crippen LogP contribution is -2.40. The van der Waals surface area contributed by atoms with Gasteiger partial charge in [0, 0.05) is 31.3 Å². The van der Waals surface area contributed by atoms with Crippen LogP contribution in [0.1, 0.15) is 36.3 Å². The molecular weight excluding hydrogens is 234 g/mol. The van der Waals surface area contributed by atoms with Crippen molar-refractivity contribution in [1.29, 1.82) is 0 Å². The Balaban J connectivity index is 1.78. The maximum atomic E-state index is 5.34. The lowest BCUT2D eigenvalue weighted by Gasteiger charge is -2.33. The molecule has 0 N–H and O–H groups in total. The summed E-state index contributed by atoms with van der Waals surface area (Å²) in [6, 6.07) is 7.61. The Morgan fingerprint density at radius 3 is 2.95 bits per heavy atom. The number of fused-ring (bicyclic) bond motifs is 7. The number of hydrogen-bond acceptors (Lipinski definition) is 2. The molecule has 1 heterocycles. The lowest BCUT2D eigenvalue weighted by molar-refractivity contribution is 0.200. The molecule has 0 radical (unpaired) electrons. The van der Waals surface area contributed by atoms with Gasteiger partial charge in [-0.05, 0) is 55.2 Å². The van der Waals surface area contributed by atoms with Gasteiger partial charge in [-0.3, -0.25) is 0 Å². The molecule has 2 fully saturated rings. The molecule has 0 amide bonds.